The Morgan fingerprint density at radius 1 is 1.58 bits per heavy atom. The summed E-state index contributed by atoms with van der Waals surface area (Å²) >= 11 is 3.26. The number of nitrogens with one attached hydrogen (secondary N) is 1. The number of anilines is 1. The molecule has 0 bridgehead atoms. The molecule has 2 nitrogen and oxygen atoms in total. The Labute approximate surface area is 78.6 Å². The monoisotopic (exact) mass is 230 g/mol. The Morgan fingerprint density at radius 2 is 2.33 bits per heavy atom. The lowest BCUT2D eigenvalue weighted by molar-refractivity contribution is 0.628. The van der Waals surface area contributed by atoms with E-state index in [-0.39, 0.29) is 5.82 Å². The van der Waals surface area contributed by atoms with Gasteiger partial charge in [-0.2, -0.15) is 5.10 Å². The highest BCUT2D eigenvalue weighted by molar-refractivity contribution is 9.10. The minimum Gasteiger partial charge on any atom is -0.278 e. The van der Waals surface area contributed by atoms with Crippen molar-refractivity contribution in [1.29, 1.82) is 0 Å². The molecule has 4 heteroatoms. The average Bonchev–Trinajstić information content (AvgIpc) is 2.07. The highest BCUT2D eigenvalue weighted by Crippen LogP contribution is 2.22. The number of benzene rings is 1. The highest BCUT2D eigenvalue weighted by Gasteiger charge is 1.98. The minimum absolute atomic E-state index is 0.285. The van der Waals surface area contributed by atoms with E-state index >= 15 is 0 Å². The summed E-state index contributed by atoms with van der Waals surface area (Å²) in [6, 6.07) is 4.38. The molecule has 64 valence electrons. The summed E-state index contributed by atoms with van der Waals surface area (Å²) in [7, 11) is 0. The van der Waals surface area contributed by atoms with E-state index in [9.17, 15) is 4.39 Å². The molecule has 0 aliphatic heterocycles. The highest BCUT2D eigenvalue weighted by atomic mass is 79.9. The molecule has 1 rings (SSSR count). The van der Waals surface area contributed by atoms with Crippen LogP contribution in [0.2, 0.25) is 0 Å². The van der Waals surface area contributed by atoms with Crippen molar-refractivity contribution in [3.8, 4) is 0 Å². The van der Waals surface area contributed by atoms with E-state index in [2.05, 4.69) is 26.5 Å². The van der Waals surface area contributed by atoms with Crippen molar-refractivity contribution in [2.75, 3.05) is 5.43 Å². The van der Waals surface area contributed by atoms with Gasteiger partial charge in [-0.15, -0.1) is 0 Å². The Bertz CT molecular complexity index is 299. The van der Waals surface area contributed by atoms with Crippen molar-refractivity contribution in [2.24, 2.45) is 5.10 Å². The van der Waals surface area contributed by atoms with Crippen LogP contribution in [0.1, 0.15) is 6.92 Å². The average molecular weight is 231 g/mol. The van der Waals surface area contributed by atoms with Crippen LogP contribution < -0.4 is 5.43 Å². The molecule has 0 amide bonds. The molecule has 0 aromatic heterocycles. The van der Waals surface area contributed by atoms with Gasteiger partial charge >= 0.3 is 0 Å². The molecule has 0 spiro atoms. The van der Waals surface area contributed by atoms with E-state index in [1.54, 1.807) is 19.2 Å². The molecule has 1 aromatic rings. The van der Waals surface area contributed by atoms with Gasteiger partial charge in [-0.3, -0.25) is 5.43 Å². The summed E-state index contributed by atoms with van der Waals surface area (Å²) in [5, 5.41) is 3.77. The second-order valence-electron chi connectivity index (χ2n) is 2.12. The lowest BCUT2D eigenvalue weighted by Crippen LogP contribution is -1.90. The van der Waals surface area contributed by atoms with Crippen LogP contribution in [-0.4, -0.2) is 6.21 Å². The Balaban J connectivity index is 2.89. The van der Waals surface area contributed by atoms with Crippen LogP contribution >= 0.6 is 15.9 Å². The first-order chi connectivity index (χ1) is 5.74. The van der Waals surface area contributed by atoms with Crippen molar-refractivity contribution in [1.82, 2.24) is 0 Å². The zero-order valence-electron chi connectivity index (χ0n) is 6.51. The Kier molecular flexibility index (Phi) is 3.22. The largest absolute Gasteiger partial charge is 0.278 e. The van der Waals surface area contributed by atoms with Crippen LogP contribution in [0.15, 0.2) is 27.8 Å². The van der Waals surface area contributed by atoms with Crippen molar-refractivity contribution >= 4 is 27.8 Å². The summed E-state index contributed by atoms with van der Waals surface area (Å²) in [4.78, 5) is 0. The van der Waals surface area contributed by atoms with E-state index in [0.717, 1.165) is 4.47 Å². The molecule has 0 unspecified atom stereocenters. The van der Waals surface area contributed by atoms with E-state index < -0.39 is 0 Å². The standard InChI is InChI=1S/C8H8BrFN2/c1-2-11-12-8-5-6(10)3-4-7(8)9/h2-5,12H,1H3/b11-2+. The van der Waals surface area contributed by atoms with Gasteiger partial charge < -0.3 is 0 Å². The first-order valence-electron chi connectivity index (χ1n) is 3.43. The van der Waals surface area contributed by atoms with Crippen molar-refractivity contribution in [2.45, 2.75) is 6.92 Å². The van der Waals surface area contributed by atoms with Crippen molar-refractivity contribution in [3.05, 3.63) is 28.5 Å². The molecule has 0 atom stereocenters. The number of hydrazone groups is 1. The maximum absolute atomic E-state index is 12.7. The number of hydrogen-bond acceptors (Lipinski definition) is 2. The van der Waals surface area contributed by atoms with Gasteiger partial charge in [0.2, 0.25) is 0 Å². The smallest absolute Gasteiger partial charge is 0.125 e. The summed E-state index contributed by atoms with van der Waals surface area (Å²) < 4.78 is 13.4. The Morgan fingerprint density at radius 3 is 3.00 bits per heavy atom. The van der Waals surface area contributed by atoms with Gasteiger partial charge in [0.25, 0.3) is 0 Å². The van der Waals surface area contributed by atoms with Crippen LogP contribution in [-0.2, 0) is 0 Å². The molecule has 0 saturated heterocycles. The molecule has 0 fully saturated rings. The molecule has 0 aliphatic rings. The van der Waals surface area contributed by atoms with E-state index in [4.69, 9.17) is 0 Å². The molecular weight excluding hydrogens is 223 g/mol. The van der Waals surface area contributed by atoms with Crippen molar-refractivity contribution in [3.63, 3.8) is 0 Å². The molecule has 12 heavy (non-hydrogen) atoms. The minimum atomic E-state index is -0.285. The molecular formula is C8H8BrFN2. The fourth-order valence-corrected chi connectivity index (χ4v) is 1.05. The maximum Gasteiger partial charge on any atom is 0.125 e. The van der Waals surface area contributed by atoms with E-state index in [1.807, 2.05) is 0 Å². The first-order valence-corrected chi connectivity index (χ1v) is 4.22. The third-order valence-corrected chi connectivity index (χ3v) is 1.93. The van der Waals surface area contributed by atoms with Gasteiger partial charge in [-0.05, 0) is 41.1 Å². The number of nitrogens with zero attached hydrogens (tertiary/aromatic N) is 1. The third kappa shape index (κ3) is 2.30. The van der Waals surface area contributed by atoms with Gasteiger partial charge in [-0.25, -0.2) is 4.39 Å². The molecule has 0 heterocycles. The van der Waals surface area contributed by atoms with Crippen LogP contribution in [0.5, 0.6) is 0 Å². The maximum atomic E-state index is 12.7. The lowest BCUT2D eigenvalue weighted by Gasteiger charge is -2.01. The normalized spacial score (nSPS) is 10.6. The fraction of sp³-hybridized carbons (Fsp3) is 0.125. The predicted molar refractivity (Wildman–Crippen MR) is 51.9 cm³/mol. The summed E-state index contributed by atoms with van der Waals surface area (Å²) in [6.07, 6.45) is 1.59. The molecule has 1 aromatic carbocycles. The van der Waals surface area contributed by atoms with Gasteiger partial charge in [0.1, 0.15) is 5.82 Å². The Hall–Kier alpha value is -0.900. The second kappa shape index (κ2) is 4.21. The van der Waals surface area contributed by atoms with Crippen LogP contribution in [0.4, 0.5) is 10.1 Å². The second-order valence-corrected chi connectivity index (χ2v) is 2.98. The summed E-state index contributed by atoms with van der Waals surface area (Å²) in [5.41, 5.74) is 3.30. The summed E-state index contributed by atoms with van der Waals surface area (Å²) in [5.74, 6) is -0.285. The quantitative estimate of drug-likeness (QED) is 0.614. The number of rotatable bonds is 2. The van der Waals surface area contributed by atoms with Crippen molar-refractivity contribution < 1.29 is 4.39 Å². The predicted octanol–water partition coefficient (Wildman–Crippen LogP) is 3.01. The topological polar surface area (TPSA) is 24.4 Å². The zero-order valence-corrected chi connectivity index (χ0v) is 8.10. The SMILES string of the molecule is C/C=N/Nc1cc(F)ccc1Br. The number of halogens is 2. The van der Waals surface area contributed by atoms with Crippen LogP contribution in [0.25, 0.3) is 0 Å². The zero-order chi connectivity index (χ0) is 8.97. The molecule has 0 saturated carbocycles. The van der Waals surface area contributed by atoms with Gasteiger partial charge in [0.05, 0.1) is 5.69 Å². The van der Waals surface area contributed by atoms with Crippen LogP contribution in [0, 0.1) is 5.82 Å². The third-order valence-electron chi connectivity index (χ3n) is 1.24. The van der Waals surface area contributed by atoms with Crippen LogP contribution in [0.3, 0.4) is 0 Å². The molecule has 0 radical (unpaired) electrons. The molecule has 1 N–H and O–H groups in total. The van der Waals surface area contributed by atoms with Gasteiger partial charge in [0, 0.05) is 10.7 Å². The van der Waals surface area contributed by atoms with Gasteiger partial charge in [0.15, 0.2) is 0 Å². The summed E-state index contributed by atoms with van der Waals surface area (Å²) in [6.45, 7) is 1.78. The van der Waals surface area contributed by atoms with E-state index in [0.29, 0.717) is 5.69 Å². The van der Waals surface area contributed by atoms with Gasteiger partial charge in [-0.1, -0.05) is 0 Å². The van der Waals surface area contributed by atoms with E-state index in [1.165, 1.54) is 12.1 Å². The number of hydrogen-bond donors (Lipinski definition) is 1. The lowest BCUT2D eigenvalue weighted by atomic mass is 10.3. The molecule has 0 aliphatic carbocycles. The first kappa shape index (κ1) is 9.19. The fourth-order valence-electron chi connectivity index (χ4n) is 0.717.